The highest BCUT2D eigenvalue weighted by Crippen LogP contribution is 2.41. The zero-order chi connectivity index (χ0) is 20.0. The second-order valence-electron chi connectivity index (χ2n) is 6.85. The molecule has 0 aromatic heterocycles. The van der Waals surface area contributed by atoms with Gasteiger partial charge in [0.15, 0.2) is 11.4 Å². The Hall–Kier alpha value is -2.77. The lowest BCUT2D eigenvalue weighted by atomic mass is 9.91. The maximum Gasteiger partial charge on any atom is 0.238 e. The number of ketones is 2. The van der Waals surface area contributed by atoms with Gasteiger partial charge in [-0.15, -0.1) is 0 Å². The largest absolute Gasteiger partial charge is 0.478 e. The van der Waals surface area contributed by atoms with Crippen molar-refractivity contribution >= 4 is 32.9 Å². The lowest BCUT2D eigenvalue weighted by molar-refractivity contribution is -0.125. The molecule has 0 saturated carbocycles. The molecule has 3 rings (SSSR count). The van der Waals surface area contributed by atoms with Gasteiger partial charge in [0, 0.05) is 11.1 Å². The van der Waals surface area contributed by atoms with Crippen molar-refractivity contribution in [2.24, 2.45) is 5.14 Å². The summed E-state index contributed by atoms with van der Waals surface area (Å²) in [5.41, 5.74) is 0.886. The minimum Gasteiger partial charge on any atom is -0.478 e. The number of carbonyl (C=O) groups excluding carboxylic acids is 2. The number of carbonyl (C=O) groups is 2. The van der Waals surface area contributed by atoms with Crippen LogP contribution in [0.4, 0.5) is 0 Å². The maximum absolute atomic E-state index is 12.9. The number of primary sulfonamides is 1. The summed E-state index contributed by atoms with van der Waals surface area (Å²) in [6.45, 7) is 4.78. The summed E-state index contributed by atoms with van der Waals surface area (Å²) in [5, 5.41) is 5.13. The van der Waals surface area contributed by atoms with Gasteiger partial charge < -0.3 is 4.74 Å². The van der Waals surface area contributed by atoms with Crippen LogP contribution in [0.5, 0.6) is 0 Å². The van der Waals surface area contributed by atoms with E-state index < -0.39 is 15.6 Å². The second kappa shape index (κ2) is 6.44. The van der Waals surface area contributed by atoms with Crippen molar-refractivity contribution in [2.45, 2.75) is 31.3 Å². The summed E-state index contributed by atoms with van der Waals surface area (Å²) < 4.78 is 28.8. The van der Waals surface area contributed by atoms with Crippen molar-refractivity contribution in [1.29, 1.82) is 0 Å². The van der Waals surface area contributed by atoms with Gasteiger partial charge in [0.05, 0.1) is 10.5 Å². The first-order valence-electron chi connectivity index (χ1n) is 8.23. The predicted molar refractivity (Wildman–Crippen MR) is 101 cm³/mol. The number of sulfonamides is 1. The zero-order valence-electron chi connectivity index (χ0n) is 15.1. The molecule has 2 N–H and O–H groups in total. The fraction of sp³-hybridized carbons (Fsp3) is 0.200. The second-order valence-corrected chi connectivity index (χ2v) is 8.41. The van der Waals surface area contributed by atoms with Crippen LogP contribution in [0.2, 0.25) is 0 Å². The molecule has 1 heterocycles. The van der Waals surface area contributed by atoms with Gasteiger partial charge in [-0.25, -0.2) is 13.6 Å². The van der Waals surface area contributed by atoms with Gasteiger partial charge >= 0.3 is 0 Å². The van der Waals surface area contributed by atoms with Crippen LogP contribution in [-0.2, 0) is 19.6 Å². The first-order chi connectivity index (χ1) is 12.5. The standard InChI is InChI=1S/C20H19NO5S/c1-12(22)14-5-4-6-15(11-14)17-18(26-20(2,3)19(17)23)13-7-9-16(10-8-13)27(21,24)25/h4-11H,1-3H3,(H2,21,24,25). The van der Waals surface area contributed by atoms with E-state index in [0.29, 0.717) is 28.0 Å². The van der Waals surface area contributed by atoms with Crippen molar-refractivity contribution in [3.05, 3.63) is 65.2 Å². The average molecular weight is 385 g/mol. The van der Waals surface area contributed by atoms with E-state index in [1.54, 1.807) is 50.2 Å². The summed E-state index contributed by atoms with van der Waals surface area (Å²) in [6, 6.07) is 12.6. The molecular formula is C20H19NO5S. The molecule has 0 spiro atoms. The lowest BCUT2D eigenvalue weighted by Crippen LogP contribution is -2.29. The molecular weight excluding hydrogens is 366 g/mol. The number of benzene rings is 2. The molecule has 140 valence electrons. The lowest BCUT2D eigenvalue weighted by Gasteiger charge is -2.17. The molecule has 2 aromatic rings. The van der Waals surface area contributed by atoms with Gasteiger partial charge in [-0.2, -0.15) is 0 Å². The third kappa shape index (κ3) is 3.56. The summed E-state index contributed by atoms with van der Waals surface area (Å²) in [4.78, 5) is 24.6. The zero-order valence-corrected chi connectivity index (χ0v) is 16.0. The average Bonchev–Trinajstić information content (AvgIpc) is 2.84. The Morgan fingerprint density at radius 3 is 2.22 bits per heavy atom. The Kier molecular flexibility index (Phi) is 4.53. The molecule has 0 atom stereocenters. The number of Topliss-reactive ketones (excluding diaryl/α,β-unsaturated/α-hetero) is 2. The number of nitrogens with two attached hydrogens (primary N) is 1. The molecule has 0 amide bonds. The topological polar surface area (TPSA) is 104 Å². The Labute approximate surface area is 157 Å². The van der Waals surface area contributed by atoms with Gasteiger partial charge in [0.25, 0.3) is 0 Å². The van der Waals surface area contributed by atoms with Crippen LogP contribution in [0.1, 0.15) is 42.3 Å². The molecule has 1 aliphatic rings. The molecule has 6 nitrogen and oxygen atoms in total. The third-order valence-corrected chi connectivity index (χ3v) is 5.29. The van der Waals surface area contributed by atoms with Gasteiger partial charge in [-0.1, -0.05) is 18.2 Å². The first kappa shape index (κ1) is 19.0. The van der Waals surface area contributed by atoms with E-state index in [1.807, 2.05) is 0 Å². The Bertz CT molecular complexity index is 1080. The van der Waals surface area contributed by atoms with E-state index in [0.717, 1.165) is 0 Å². The quantitative estimate of drug-likeness (QED) is 0.815. The van der Waals surface area contributed by atoms with Gasteiger partial charge in [-0.05, 0) is 56.7 Å². The maximum atomic E-state index is 12.9. The van der Waals surface area contributed by atoms with E-state index in [4.69, 9.17) is 9.88 Å². The van der Waals surface area contributed by atoms with E-state index in [2.05, 4.69) is 0 Å². The van der Waals surface area contributed by atoms with Crippen molar-refractivity contribution in [3.63, 3.8) is 0 Å². The smallest absolute Gasteiger partial charge is 0.238 e. The molecule has 27 heavy (non-hydrogen) atoms. The molecule has 7 heteroatoms. The molecule has 0 fully saturated rings. The monoisotopic (exact) mass is 385 g/mol. The SMILES string of the molecule is CC(=O)c1cccc(C2=C(c3ccc(S(N)(=O)=O)cc3)OC(C)(C)C2=O)c1. The molecule has 0 bridgehead atoms. The highest BCUT2D eigenvalue weighted by molar-refractivity contribution is 7.89. The summed E-state index contributed by atoms with van der Waals surface area (Å²) in [6.07, 6.45) is 0. The normalized spacial score (nSPS) is 16.4. The Morgan fingerprint density at radius 2 is 1.67 bits per heavy atom. The number of ether oxygens (including phenoxy) is 1. The van der Waals surface area contributed by atoms with E-state index in [1.165, 1.54) is 19.1 Å². The highest BCUT2D eigenvalue weighted by Gasteiger charge is 2.42. The summed E-state index contributed by atoms with van der Waals surface area (Å²) >= 11 is 0. The molecule has 1 aliphatic heterocycles. The van der Waals surface area contributed by atoms with E-state index in [9.17, 15) is 18.0 Å². The van der Waals surface area contributed by atoms with E-state index in [-0.39, 0.29) is 16.5 Å². The van der Waals surface area contributed by atoms with Crippen LogP contribution in [0.15, 0.2) is 53.4 Å². The van der Waals surface area contributed by atoms with Crippen LogP contribution in [0.25, 0.3) is 11.3 Å². The molecule has 0 saturated heterocycles. The van der Waals surface area contributed by atoms with Crippen molar-refractivity contribution in [2.75, 3.05) is 0 Å². The fourth-order valence-electron chi connectivity index (χ4n) is 2.91. The van der Waals surface area contributed by atoms with Crippen LogP contribution in [-0.4, -0.2) is 25.6 Å². The molecule has 0 radical (unpaired) electrons. The van der Waals surface area contributed by atoms with Crippen LogP contribution >= 0.6 is 0 Å². The van der Waals surface area contributed by atoms with Gasteiger partial charge in [0.2, 0.25) is 15.8 Å². The fourth-order valence-corrected chi connectivity index (χ4v) is 3.43. The Morgan fingerprint density at radius 1 is 1.04 bits per heavy atom. The number of hydrogen-bond acceptors (Lipinski definition) is 5. The van der Waals surface area contributed by atoms with E-state index >= 15 is 0 Å². The minimum absolute atomic E-state index is 0.0319. The molecule has 2 aromatic carbocycles. The van der Waals surface area contributed by atoms with Crippen LogP contribution < -0.4 is 5.14 Å². The molecule has 0 unspecified atom stereocenters. The third-order valence-electron chi connectivity index (χ3n) is 4.36. The van der Waals surface area contributed by atoms with Crippen molar-refractivity contribution in [1.82, 2.24) is 0 Å². The van der Waals surface area contributed by atoms with Gasteiger partial charge in [0.1, 0.15) is 5.76 Å². The van der Waals surface area contributed by atoms with Crippen molar-refractivity contribution in [3.8, 4) is 0 Å². The Balaban J connectivity index is 2.18. The minimum atomic E-state index is -3.82. The highest BCUT2D eigenvalue weighted by atomic mass is 32.2. The van der Waals surface area contributed by atoms with Crippen LogP contribution in [0, 0.1) is 0 Å². The van der Waals surface area contributed by atoms with Crippen molar-refractivity contribution < 1.29 is 22.7 Å². The number of rotatable bonds is 4. The first-order valence-corrected chi connectivity index (χ1v) is 9.78. The molecule has 0 aliphatic carbocycles. The van der Waals surface area contributed by atoms with Gasteiger partial charge in [-0.3, -0.25) is 9.59 Å². The van der Waals surface area contributed by atoms with Crippen LogP contribution in [0.3, 0.4) is 0 Å². The predicted octanol–water partition coefficient (Wildman–Crippen LogP) is 2.78. The summed E-state index contributed by atoms with van der Waals surface area (Å²) in [5.74, 6) is 0.0162. The summed E-state index contributed by atoms with van der Waals surface area (Å²) in [7, 11) is -3.82. The number of hydrogen-bond donors (Lipinski definition) is 1.